The summed E-state index contributed by atoms with van der Waals surface area (Å²) >= 11 is 0. The van der Waals surface area contributed by atoms with Crippen molar-refractivity contribution in [2.75, 3.05) is 6.54 Å². The second-order valence-corrected chi connectivity index (χ2v) is 6.32. The Labute approximate surface area is 146 Å². The number of hydrogen-bond donors (Lipinski definition) is 6. The molecule has 10 heteroatoms. The van der Waals surface area contributed by atoms with E-state index in [9.17, 15) is 24.3 Å². The van der Waals surface area contributed by atoms with Crippen molar-refractivity contribution in [2.45, 2.75) is 58.3 Å². The van der Waals surface area contributed by atoms with E-state index in [-0.39, 0.29) is 18.9 Å². The first-order valence-electron chi connectivity index (χ1n) is 7.99. The highest BCUT2D eigenvalue weighted by atomic mass is 16.4. The summed E-state index contributed by atoms with van der Waals surface area (Å²) in [4.78, 5) is 46.6. The predicted octanol–water partition coefficient (Wildman–Crippen LogP) is -2.07. The first-order valence-corrected chi connectivity index (χ1v) is 7.99. The summed E-state index contributed by atoms with van der Waals surface area (Å²) in [6.07, 6.45) is -1.05. The maximum atomic E-state index is 12.3. The van der Waals surface area contributed by atoms with Crippen molar-refractivity contribution in [3.8, 4) is 0 Å². The minimum Gasteiger partial charge on any atom is -0.480 e. The van der Waals surface area contributed by atoms with Gasteiger partial charge in [0.05, 0.1) is 18.7 Å². The van der Waals surface area contributed by atoms with Crippen LogP contribution in [0.25, 0.3) is 0 Å². The van der Waals surface area contributed by atoms with Crippen LogP contribution in [0.4, 0.5) is 0 Å². The van der Waals surface area contributed by atoms with E-state index in [0.717, 1.165) is 0 Å². The Morgan fingerprint density at radius 2 is 1.56 bits per heavy atom. The Bertz CT molecular complexity index is 492. The Kier molecular flexibility index (Phi) is 9.69. The molecule has 10 nitrogen and oxygen atoms in total. The lowest BCUT2D eigenvalue weighted by molar-refractivity contribution is -0.145. The number of amides is 3. The van der Waals surface area contributed by atoms with E-state index in [1.54, 1.807) is 0 Å². The molecular weight excluding hydrogens is 332 g/mol. The van der Waals surface area contributed by atoms with Gasteiger partial charge in [-0.15, -0.1) is 0 Å². The van der Waals surface area contributed by atoms with E-state index in [4.69, 9.17) is 10.8 Å². The topological polar surface area (TPSA) is 171 Å². The van der Waals surface area contributed by atoms with Crippen LogP contribution in [0.15, 0.2) is 0 Å². The summed E-state index contributed by atoms with van der Waals surface area (Å²) in [7, 11) is 0. The number of carbonyl (C=O) groups is 4. The van der Waals surface area contributed by atoms with Crippen molar-refractivity contribution in [3.63, 3.8) is 0 Å². The molecule has 0 fully saturated rings. The number of nitrogens with two attached hydrogens (primary N) is 1. The van der Waals surface area contributed by atoms with E-state index in [1.165, 1.54) is 13.8 Å². The summed E-state index contributed by atoms with van der Waals surface area (Å²) in [6.45, 7) is 5.99. The number of carbonyl (C=O) groups excluding carboxylic acids is 3. The molecule has 0 radical (unpaired) electrons. The van der Waals surface area contributed by atoms with Gasteiger partial charge in [0.1, 0.15) is 6.04 Å². The largest absolute Gasteiger partial charge is 0.480 e. The van der Waals surface area contributed by atoms with Crippen molar-refractivity contribution in [1.29, 1.82) is 0 Å². The minimum atomic E-state index is -1.49. The first kappa shape index (κ1) is 22.8. The van der Waals surface area contributed by atoms with Gasteiger partial charge in [-0.2, -0.15) is 0 Å². The van der Waals surface area contributed by atoms with E-state index in [1.807, 2.05) is 13.8 Å². The second-order valence-electron chi connectivity index (χ2n) is 6.32. The molecule has 0 heterocycles. The van der Waals surface area contributed by atoms with Gasteiger partial charge in [-0.25, -0.2) is 4.79 Å². The van der Waals surface area contributed by atoms with E-state index in [2.05, 4.69) is 16.0 Å². The van der Waals surface area contributed by atoms with E-state index < -0.39 is 47.9 Å². The molecule has 7 N–H and O–H groups in total. The molecule has 4 atom stereocenters. The van der Waals surface area contributed by atoms with E-state index >= 15 is 0 Å². The average molecular weight is 360 g/mol. The fourth-order valence-electron chi connectivity index (χ4n) is 1.92. The van der Waals surface area contributed by atoms with Crippen molar-refractivity contribution in [1.82, 2.24) is 16.0 Å². The molecule has 0 aliphatic heterocycles. The first-order chi connectivity index (χ1) is 11.5. The lowest BCUT2D eigenvalue weighted by atomic mass is 10.0. The highest BCUT2D eigenvalue weighted by Gasteiger charge is 2.29. The molecule has 25 heavy (non-hydrogen) atoms. The lowest BCUT2D eigenvalue weighted by Gasteiger charge is -2.24. The molecule has 0 saturated heterocycles. The summed E-state index contributed by atoms with van der Waals surface area (Å²) in [5.41, 5.74) is 5.36. The van der Waals surface area contributed by atoms with Crippen molar-refractivity contribution < 1.29 is 29.4 Å². The molecule has 0 aromatic carbocycles. The van der Waals surface area contributed by atoms with Crippen LogP contribution in [-0.4, -0.2) is 64.7 Å². The Hall–Kier alpha value is -2.20. The van der Waals surface area contributed by atoms with E-state index in [0.29, 0.717) is 0 Å². The van der Waals surface area contributed by atoms with Gasteiger partial charge in [-0.05, 0) is 26.2 Å². The molecule has 144 valence electrons. The fourth-order valence-corrected chi connectivity index (χ4v) is 1.92. The zero-order valence-corrected chi connectivity index (χ0v) is 14.9. The van der Waals surface area contributed by atoms with Gasteiger partial charge < -0.3 is 31.9 Å². The smallest absolute Gasteiger partial charge is 0.328 e. The van der Waals surface area contributed by atoms with Gasteiger partial charge in [0.25, 0.3) is 0 Å². The predicted molar refractivity (Wildman–Crippen MR) is 89.3 cm³/mol. The van der Waals surface area contributed by atoms with Crippen LogP contribution in [0.5, 0.6) is 0 Å². The van der Waals surface area contributed by atoms with Crippen LogP contribution in [0, 0.1) is 5.92 Å². The van der Waals surface area contributed by atoms with Gasteiger partial charge in [-0.1, -0.05) is 13.8 Å². The molecular formula is C15H28N4O6. The molecule has 0 saturated carbocycles. The summed E-state index contributed by atoms with van der Waals surface area (Å²) < 4.78 is 0. The Morgan fingerprint density at radius 1 is 1.00 bits per heavy atom. The van der Waals surface area contributed by atoms with Gasteiger partial charge >= 0.3 is 5.97 Å². The number of carboxylic acid groups (broad SMARTS) is 1. The van der Waals surface area contributed by atoms with Crippen molar-refractivity contribution in [3.05, 3.63) is 0 Å². The van der Waals surface area contributed by atoms with Crippen molar-refractivity contribution in [2.24, 2.45) is 11.7 Å². The molecule has 4 unspecified atom stereocenters. The van der Waals surface area contributed by atoms with Crippen LogP contribution in [-0.2, 0) is 19.2 Å². The number of aliphatic carboxylic acids is 1. The normalized spacial score (nSPS) is 15.6. The molecule has 3 amide bonds. The van der Waals surface area contributed by atoms with Crippen LogP contribution in [0.3, 0.4) is 0 Å². The second kappa shape index (κ2) is 10.6. The quantitative estimate of drug-likeness (QED) is 0.260. The van der Waals surface area contributed by atoms with Gasteiger partial charge in [0.15, 0.2) is 6.04 Å². The van der Waals surface area contributed by atoms with Crippen LogP contribution in [0.2, 0.25) is 0 Å². The highest BCUT2D eigenvalue weighted by molar-refractivity contribution is 5.92. The third-order valence-electron chi connectivity index (χ3n) is 3.24. The number of nitrogens with one attached hydrogen (secondary N) is 3. The van der Waals surface area contributed by atoms with Gasteiger partial charge in [-0.3, -0.25) is 14.4 Å². The zero-order chi connectivity index (χ0) is 19.7. The molecule has 0 aliphatic rings. The average Bonchev–Trinajstić information content (AvgIpc) is 2.47. The molecule has 0 bridgehead atoms. The van der Waals surface area contributed by atoms with Crippen LogP contribution < -0.4 is 21.7 Å². The highest BCUT2D eigenvalue weighted by Crippen LogP contribution is 2.06. The number of rotatable bonds is 10. The number of hydrogen-bond acceptors (Lipinski definition) is 6. The maximum Gasteiger partial charge on any atom is 0.328 e. The third kappa shape index (κ3) is 9.01. The third-order valence-corrected chi connectivity index (χ3v) is 3.24. The molecule has 0 aliphatic carbocycles. The SMILES string of the molecule is CC(C)CC(NC(=O)CNC(=O)C(C)N)C(=O)NC(C(=O)O)C(C)O. The number of carboxylic acids is 1. The zero-order valence-electron chi connectivity index (χ0n) is 14.9. The molecule has 0 rings (SSSR count). The van der Waals surface area contributed by atoms with Gasteiger partial charge in [0, 0.05) is 0 Å². The van der Waals surface area contributed by atoms with Crippen LogP contribution in [0.1, 0.15) is 34.1 Å². The summed E-state index contributed by atoms with van der Waals surface area (Å²) in [5, 5.41) is 25.4. The minimum absolute atomic E-state index is 0.0320. The number of aliphatic hydroxyl groups is 1. The Balaban J connectivity index is 4.88. The van der Waals surface area contributed by atoms with Gasteiger partial charge in [0.2, 0.25) is 17.7 Å². The summed E-state index contributed by atoms with van der Waals surface area (Å²) in [6, 6.07) is -3.26. The summed E-state index contributed by atoms with van der Waals surface area (Å²) in [5.74, 6) is -3.21. The monoisotopic (exact) mass is 360 g/mol. The number of aliphatic hydroxyl groups excluding tert-OH is 1. The Morgan fingerprint density at radius 3 is 1.96 bits per heavy atom. The fraction of sp³-hybridized carbons (Fsp3) is 0.733. The maximum absolute atomic E-state index is 12.3. The lowest BCUT2D eigenvalue weighted by Crippen LogP contribution is -2.56. The molecule has 0 aromatic rings. The van der Waals surface area contributed by atoms with Crippen molar-refractivity contribution >= 4 is 23.7 Å². The molecule has 0 spiro atoms. The van der Waals surface area contributed by atoms with Crippen LogP contribution >= 0.6 is 0 Å². The standard InChI is InChI=1S/C15H28N4O6/c1-7(2)5-10(14(23)19-12(9(4)20)15(24)25)18-11(21)6-17-13(22)8(3)16/h7-10,12,20H,5-6,16H2,1-4H3,(H,17,22)(H,18,21)(H,19,23)(H,24,25). The molecule has 0 aromatic heterocycles.